The molecule has 5 heteroatoms. The Labute approximate surface area is 163 Å². The Kier molecular flexibility index (Phi) is 4.56. The predicted molar refractivity (Wildman–Crippen MR) is 107 cm³/mol. The number of aromatic nitrogens is 1. The number of hydrogen-bond donors (Lipinski definition) is 0. The van der Waals surface area contributed by atoms with Gasteiger partial charge >= 0.3 is 0 Å². The van der Waals surface area contributed by atoms with E-state index >= 15 is 0 Å². The number of nitrogens with zero attached hydrogens (tertiary/aromatic N) is 3. The molecule has 2 aromatic carbocycles. The van der Waals surface area contributed by atoms with Crippen molar-refractivity contribution in [2.75, 3.05) is 0 Å². The third-order valence-corrected chi connectivity index (χ3v) is 4.87. The van der Waals surface area contributed by atoms with Crippen molar-refractivity contribution in [2.24, 2.45) is 4.99 Å². The van der Waals surface area contributed by atoms with E-state index in [1.54, 1.807) is 12.3 Å². The lowest BCUT2D eigenvalue weighted by Crippen LogP contribution is -2.38. The van der Waals surface area contributed by atoms with Crippen LogP contribution in [0.15, 0.2) is 59.7 Å². The molecule has 0 bridgehead atoms. The van der Waals surface area contributed by atoms with Crippen molar-refractivity contribution >= 4 is 16.8 Å². The van der Waals surface area contributed by atoms with Gasteiger partial charge in [-0.15, -0.1) is 0 Å². The van der Waals surface area contributed by atoms with E-state index in [0.29, 0.717) is 16.8 Å². The van der Waals surface area contributed by atoms with Gasteiger partial charge in [-0.3, -0.25) is 4.98 Å². The van der Waals surface area contributed by atoms with Crippen LogP contribution in [0.5, 0.6) is 0 Å². The molecule has 4 nitrogen and oxygen atoms in total. The molecule has 2 heterocycles. The fraction of sp³-hybridized carbons (Fsp3) is 0.261. The van der Waals surface area contributed by atoms with Crippen LogP contribution in [0.2, 0.25) is 0 Å². The summed E-state index contributed by atoms with van der Waals surface area (Å²) in [7, 11) is 0. The molecular formula is C23H20FN3O. The third-order valence-electron chi connectivity index (χ3n) is 4.87. The average molecular weight is 373 g/mol. The summed E-state index contributed by atoms with van der Waals surface area (Å²) in [6.07, 6.45) is 3.21. The number of aliphatic imine (C=N–C) groups is 1. The zero-order valence-corrected chi connectivity index (χ0v) is 15.8. The number of benzene rings is 2. The van der Waals surface area contributed by atoms with E-state index in [9.17, 15) is 4.39 Å². The average Bonchev–Trinajstić information content (AvgIpc) is 2.67. The van der Waals surface area contributed by atoms with E-state index in [1.807, 2.05) is 44.2 Å². The Hall–Kier alpha value is -3.26. The van der Waals surface area contributed by atoms with Gasteiger partial charge in [0.25, 0.3) is 0 Å². The molecule has 0 spiro atoms. The first-order chi connectivity index (χ1) is 13.4. The van der Waals surface area contributed by atoms with Gasteiger partial charge in [-0.1, -0.05) is 36.4 Å². The van der Waals surface area contributed by atoms with Gasteiger partial charge < -0.3 is 4.74 Å². The zero-order valence-electron chi connectivity index (χ0n) is 15.8. The highest BCUT2D eigenvalue weighted by molar-refractivity contribution is 5.98. The van der Waals surface area contributed by atoms with Crippen molar-refractivity contribution in [1.82, 2.24) is 4.98 Å². The van der Waals surface area contributed by atoms with Crippen molar-refractivity contribution in [3.05, 3.63) is 77.2 Å². The van der Waals surface area contributed by atoms with E-state index in [1.165, 1.54) is 11.6 Å². The summed E-state index contributed by atoms with van der Waals surface area (Å²) in [4.78, 5) is 9.05. The highest BCUT2D eigenvalue weighted by atomic mass is 19.1. The van der Waals surface area contributed by atoms with Gasteiger partial charge in [0.05, 0.1) is 17.2 Å². The summed E-state index contributed by atoms with van der Waals surface area (Å²) in [6.45, 7) is 4.10. The minimum atomic E-state index is -0.597. The lowest BCUT2D eigenvalue weighted by molar-refractivity contribution is 0.0634. The summed E-state index contributed by atoms with van der Waals surface area (Å²) < 4.78 is 20.4. The van der Waals surface area contributed by atoms with Crippen LogP contribution in [0.25, 0.3) is 10.9 Å². The Morgan fingerprint density at radius 2 is 2.00 bits per heavy atom. The summed E-state index contributed by atoms with van der Waals surface area (Å²) in [5, 5.41) is 9.60. The normalized spacial score (nSPS) is 18.2. The van der Waals surface area contributed by atoms with Crippen LogP contribution < -0.4 is 0 Å². The number of pyridine rings is 1. The smallest absolute Gasteiger partial charge is 0.218 e. The minimum Gasteiger partial charge on any atom is -0.471 e. The van der Waals surface area contributed by atoms with Crippen LogP contribution in [0.3, 0.4) is 0 Å². The maximum Gasteiger partial charge on any atom is 0.218 e. The lowest BCUT2D eigenvalue weighted by atomic mass is 9.93. The Balaban J connectivity index is 1.71. The van der Waals surface area contributed by atoms with Gasteiger partial charge in [0.1, 0.15) is 17.2 Å². The molecule has 1 aliphatic rings. The standard InChI is InChI=1S/C23H20FN3O/c1-23(2)12-19(10-15-6-4-3-5-7-15)27-22(28-23)18-11-16-8-9-17(13-25)20(24)21(16)26-14-18/h3-9,11,14,19H,10,12H2,1-2H3. The fourth-order valence-corrected chi connectivity index (χ4v) is 3.62. The van der Waals surface area contributed by atoms with Crippen LogP contribution in [0.4, 0.5) is 4.39 Å². The van der Waals surface area contributed by atoms with Crippen molar-refractivity contribution in [1.29, 1.82) is 5.26 Å². The van der Waals surface area contributed by atoms with E-state index < -0.39 is 5.82 Å². The number of rotatable bonds is 3. The van der Waals surface area contributed by atoms with Crippen molar-refractivity contribution in [2.45, 2.75) is 38.3 Å². The van der Waals surface area contributed by atoms with Crippen LogP contribution in [-0.4, -0.2) is 22.5 Å². The van der Waals surface area contributed by atoms with E-state index in [0.717, 1.165) is 12.8 Å². The molecule has 0 fully saturated rings. The molecule has 3 aromatic rings. The van der Waals surface area contributed by atoms with E-state index in [2.05, 4.69) is 17.1 Å². The molecule has 1 aromatic heterocycles. The molecular weight excluding hydrogens is 353 g/mol. The fourth-order valence-electron chi connectivity index (χ4n) is 3.62. The first kappa shape index (κ1) is 18.1. The molecule has 0 amide bonds. The highest BCUT2D eigenvalue weighted by Gasteiger charge is 2.32. The highest BCUT2D eigenvalue weighted by Crippen LogP contribution is 2.29. The third kappa shape index (κ3) is 3.59. The molecule has 140 valence electrons. The van der Waals surface area contributed by atoms with Crippen molar-refractivity contribution < 1.29 is 9.13 Å². The van der Waals surface area contributed by atoms with E-state index in [-0.39, 0.29) is 22.7 Å². The second-order valence-corrected chi connectivity index (χ2v) is 7.68. The molecule has 0 N–H and O–H groups in total. The molecule has 1 aliphatic heterocycles. The second-order valence-electron chi connectivity index (χ2n) is 7.68. The Morgan fingerprint density at radius 1 is 1.21 bits per heavy atom. The summed E-state index contributed by atoms with van der Waals surface area (Å²) in [5.41, 5.74) is 1.75. The summed E-state index contributed by atoms with van der Waals surface area (Å²) >= 11 is 0. The van der Waals surface area contributed by atoms with Gasteiger partial charge in [-0.25, -0.2) is 9.38 Å². The van der Waals surface area contributed by atoms with Gasteiger partial charge in [0.15, 0.2) is 5.82 Å². The maximum absolute atomic E-state index is 14.3. The molecule has 28 heavy (non-hydrogen) atoms. The number of hydrogen-bond acceptors (Lipinski definition) is 4. The van der Waals surface area contributed by atoms with Gasteiger partial charge in [0, 0.05) is 18.0 Å². The topological polar surface area (TPSA) is 58.3 Å². The quantitative estimate of drug-likeness (QED) is 0.662. The van der Waals surface area contributed by atoms with E-state index in [4.69, 9.17) is 15.0 Å². The molecule has 4 rings (SSSR count). The molecule has 1 unspecified atom stereocenters. The zero-order chi connectivity index (χ0) is 19.7. The second kappa shape index (κ2) is 7.05. The number of halogens is 1. The molecule has 1 atom stereocenters. The molecule has 0 aliphatic carbocycles. The maximum atomic E-state index is 14.3. The monoisotopic (exact) mass is 373 g/mol. The van der Waals surface area contributed by atoms with Gasteiger partial charge in [-0.2, -0.15) is 5.26 Å². The van der Waals surface area contributed by atoms with Crippen LogP contribution in [0.1, 0.15) is 37.0 Å². The van der Waals surface area contributed by atoms with Crippen molar-refractivity contribution in [3.8, 4) is 6.07 Å². The Bertz CT molecular complexity index is 1100. The number of nitriles is 1. The summed E-state index contributed by atoms with van der Waals surface area (Å²) in [6, 6.07) is 17.2. The van der Waals surface area contributed by atoms with Crippen LogP contribution in [-0.2, 0) is 11.2 Å². The Morgan fingerprint density at radius 3 is 2.75 bits per heavy atom. The molecule has 0 saturated heterocycles. The summed E-state index contributed by atoms with van der Waals surface area (Å²) in [5.74, 6) is -0.0725. The first-order valence-corrected chi connectivity index (χ1v) is 9.25. The molecule has 0 radical (unpaired) electrons. The van der Waals surface area contributed by atoms with Gasteiger partial charge in [-0.05, 0) is 38.0 Å². The number of ether oxygens (including phenoxy) is 1. The first-order valence-electron chi connectivity index (χ1n) is 9.25. The van der Waals surface area contributed by atoms with Gasteiger partial charge in [0.2, 0.25) is 5.90 Å². The predicted octanol–water partition coefficient (Wildman–Crippen LogP) is 4.80. The largest absolute Gasteiger partial charge is 0.471 e. The number of fused-ring (bicyclic) bond motifs is 1. The minimum absolute atomic E-state index is 0.0111. The van der Waals surface area contributed by atoms with Crippen LogP contribution in [0, 0.1) is 17.1 Å². The lowest BCUT2D eigenvalue weighted by Gasteiger charge is -2.34. The van der Waals surface area contributed by atoms with Crippen molar-refractivity contribution in [3.63, 3.8) is 0 Å². The SMILES string of the molecule is CC1(C)CC(Cc2ccccc2)N=C(c2cnc3c(F)c(C#N)ccc3c2)O1. The van der Waals surface area contributed by atoms with Crippen LogP contribution >= 0.6 is 0 Å². The molecule has 0 saturated carbocycles.